The molecule has 2 saturated heterocycles. The monoisotopic (exact) mass is 1140 g/mol. The Bertz CT molecular complexity index is 2210. The van der Waals surface area contributed by atoms with Crippen molar-refractivity contribution in [3.8, 4) is 0 Å². The highest BCUT2D eigenvalue weighted by Crippen LogP contribution is 2.36. The maximum Gasteiger partial charge on any atom is 0.410 e. The second kappa shape index (κ2) is 25.3. The van der Waals surface area contributed by atoms with E-state index in [-0.39, 0.29) is 44.3 Å². The van der Waals surface area contributed by atoms with Crippen molar-refractivity contribution in [1.29, 1.82) is 0 Å². The van der Waals surface area contributed by atoms with Crippen LogP contribution in [0.2, 0.25) is 0 Å². The summed E-state index contributed by atoms with van der Waals surface area (Å²) in [4.78, 5) is 82.7. The lowest BCUT2D eigenvalue weighted by Gasteiger charge is -2.50. The van der Waals surface area contributed by atoms with Gasteiger partial charge < -0.3 is 99.4 Å². The predicted octanol–water partition coefficient (Wildman–Crippen LogP) is 3.39. The van der Waals surface area contributed by atoms with Gasteiger partial charge >= 0.3 is 30.5 Å². The summed E-state index contributed by atoms with van der Waals surface area (Å²) in [6.45, 7) is 26.4. The lowest BCUT2D eigenvalue weighted by atomic mass is 9.80. The number of hydrogen-bond acceptors (Lipinski definition) is 20. The summed E-state index contributed by atoms with van der Waals surface area (Å²) in [6, 6.07) is -5.14. The lowest BCUT2D eigenvalue weighted by molar-refractivity contribution is -0.311. The van der Waals surface area contributed by atoms with Crippen molar-refractivity contribution in [2.75, 3.05) is 39.8 Å². The number of likely N-dealkylation sites (tertiary alicyclic amines) is 1. The van der Waals surface area contributed by atoms with Crippen LogP contribution in [0.4, 0.5) is 24.0 Å². The summed E-state index contributed by atoms with van der Waals surface area (Å²) >= 11 is 0. The van der Waals surface area contributed by atoms with Crippen LogP contribution in [0.5, 0.6) is 0 Å². The van der Waals surface area contributed by atoms with Crippen molar-refractivity contribution in [3.63, 3.8) is 0 Å². The SMILES string of the molecule is CN(C(=O)OC(C)(C)C)[C@@H]1[C@@H](O)[C@@H](O[C@@H]2[C@@H](O)[C@H](O[C@H]3OC(CNCC4CC(NC(=O)OC(C)(C)C)C4)=CC[C@H]3NC(=O)OC(C)(C)C)[C@@H](NC(=O)OC(C)(C)C)C[C@H]2NC(=O)C2(O)CCN(C(=O)OC(C)(C)C)C2)OC[C@]1(C)O. The number of carbonyl (C=O) groups excluding carboxylic acids is 6. The first-order valence-corrected chi connectivity index (χ1v) is 27.5. The number of likely N-dealkylation sites (N-methyl/N-ethyl adjacent to an activating group) is 1. The average Bonchev–Trinajstić information content (AvgIpc) is 3.67. The van der Waals surface area contributed by atoms with Crippen LogP contribution in [0.15, 0.2) is 11.8 Å². The van der Waals surface area contributed by atoms with Crippen LogP contribution >= 0.6 is 0 Å². The third kappa shape index (κ3) is 19.3. The number of rotatable bonds is 14. The highest BCUT2D eigenvalue weighted by molar-refractivity contribution is 5.87. The highest BCUT2D eigenvalue weighted by atomic mass is 16.7. The fraction of sp³-hybridized carbons (Fsp3) is 0.852. The van der Waals surface area contributed by atoms with E-state index in [2.05, 4.69) is 26.6 Å². The molecule has 80 heavy (non-hydrogen) atoms. The Morgan fingerprint density at radius 1 is 0.675 bits per heavy atom. The molecule has 0 aromatic rings. The van der Waals surface area contributed by atoms with Gasteiger partial charge in [0.05, 0.1) is 43.9 Å². The Morgan fingerprint density at radius 3 is 1.71 bits per heavy atom. The largest absolute Gasteiger partial charge is 0.466 e. The van der Waals surface area contributed by atoms with E-state index in [1.807, 2.05) is 0 Å². The first kappa shape index (κ1) is 65.8. The summed E-state index contributed by atoms with van der Waals surface area (Å²) < 4.78 is 53.3. The van der Waals surface area contributed by atoms with Crippen molar-refractivity contribution < 1.29 is 91.8 Å². The number of nitrogens with one attached hydrogen (secondary N) is 5. The topological polar surface area (TPSA) is 333 Å². The summed E-state index contributed by atoms with van der Waals surface area (Å²) in [7, 11) is 1.32. The molecule has 3 heterocycles. The Hall–Kier alpha value is -4.96. The number of ether oxygens (including phenoxy) is 9. The van der Waals surface area contributed by atoms with Crippen molar-refractivity contribution in [2.24, 2.45) is 5.92 Å². The fourth-order valence-corrected chi connectivity index (χ4v) is 9.90. The van der Waals surface area contributed by atoms with Gasteiger partial charge in [-0.3, -0.25) is 4.79 Å². The first-order chi connectivity index (χ1) is 36.5. The van der Waals surface area contributed by atoms with Gasteiger partial charge in [0.15, 0.2) is 11.9 Å². The van der Waals surface area contributed by atoms with E-state index in [1.165, 1.54) is 18.9 Å². The van der Waals surface area contributed by atoms with Crippen molar-refractivity contribution in [3.05, 3.63) is 11.8 Å². The van der Waals surface area contributed by atoms with E-state index in [1.54, 1.807) is 110 Å². The van der Waals surface area contributed by atoms with Crippen LogP contribution in [0.3, 0.4) is 0 Å². The molecule has 0 aromatic heterocycles. The minimum absolute atomic E-state index is 0.0473. The quantitative estimate of drug-likeness (QED) is 0.113. The second-order valence-electron chi connectivity index (χ2n) is 27.0. The smallest absolute Gasteiger partial charge is 0.410 e. The van der Waals surface area contributed by atoms with Crippen molar-refractivity contribution >= 4 is 36.4 Å². The molecule has 0 radical (unpaired) electrons. The van der Waals surface area contributed by atoms with Crippen molar-refractivity contribution in [2.45, 2.75) is 249 Å². The molecule has 12 atom stereocenters. The van der Waals surface area contributed by atoms with Gasteiger partial charge in [0.25, 0.3) is 5.91 Å². The molecule has 5 rings (SSSR count). The van der Waals surface area contributed by atoms with Crippen LogP contribution in [0, 0.1) is 5.92 Å². The minimum Gasteiger partial charge on any atom is -0.466 e. The van der Waals surface area contributed by atoms with Crippen LogP contribution in [0.1, 0.15) is 143 Å². The number of amides is 6. The van der Waals surface area contributed by atoms with Gasteiger partial charge in [-0.05, 0) is 155 Å². The van der Waals surface area contributed by atoms with E-state index in [9.17, 15) is 49.2 Å². The molecule has 2 aliphatic carbocycles. The minimum atomic E-state index is -2.20. The Labute approximate surface area is 470 Å². The van der Waals surface area contributed by atoms with Crippen molar-refractivity contribution in [1.82, 2.24) is 36.4 Å². The van der Waals surface area contributed by atoms with Crippen LogP contribution in [-0.4, -0.2) is 213 Å². The van der Waals surface area contributed by atoms with Crippen LogP contribution in [-0.2, 0) is 47.4 Å². The molecule has 6 amide bonds. The molecular weight excluding hydrogens is 1050 g/mol. The third-order valence-electron chi connectivity index (χ3n) is 13.4. The predicted molar refractivity (Wildman–Crippen MR) is 286 cm³/mol. The van der Waals surface area contributed by atoms with E-state index >= 15 is 0 Å². The molecule has 5 aliphatic rings. The molecule has 0 bridgehead atoms. The summed E-state index contributed by atoms with van der Waals surface area (Å²) in [5.74, 6) is -0.369. The summed E-state index contributed by atoms with van der Waals surface area (Å²) in [5.41, 5.74) is -8.50. The maximum atomic E-state index is 14.5. The van der Waals surface area contributed by atoms with Gasteiger partial charge in [0, 0.05) is 26.1 Å². The van der Waals surface area contributed by atoms with E-state index < -0.39 is 150 Å². The standard InChI is InChI=1S/C54H93N7O19/c1-48(2,3)76-43(65)56-30-22-29(23-30)25-55-26-31-18-19-32(58-44(66)77-49(4,5)6)40(73-31)74-38-34(59-45(67)78-50(7,8)9)24-33(57-42(64)54(71)20-21-61(27-54)47(69)80-52(13,14)15)37(35(38)62)75-41-36(63)39(53(16,70)28-72-41)60(17)46(68)79-51(10,11)12/h18,29-30,32-41,55,62-63,70-71H,19-28H2,1-17H3,(H,56,65)(H,57,64)(H,58,66)(H,59,67)/t29?,30?,32-,33-,34+,35-,36-,37+,38-,39-,40-,41-,53+,54?/m1/s1. The van der Waals surface area contributed by atoms with E-state index in [0.717, 1.165) is 4.90 Å². The third-order valence-corrected chi connectivity index (χ3v) is 13.4. The van der Waals surface area contributed by atoms with Gasteiger partial charge in [0.1, 0.15) is 63.8 Å². The van der Waals surface area contributed by atoms with Gasteiger partial charge in [0.2, 0.25) is 6.29 Å². The molecule has 9 N–H and O–H groups in total. The second-order valence-corrected chi connectivity index (χ2v) is 27.0. The zero-order valence-electron chi connectivity index (χ0n) is 49.9. The van der Waals surface area contributed by atoms with Gasteiger partial charge in [-0.25, -0.2) is 24.0 Å². The molecule has 3 aliphatic heterocycles. The molecule has 26 nitrogen and oxygen atoms in total. The maximum absolute atomic E-state index is 14.5. The number of alkyl carbamates (subject to hydrolysis) is 3. The van der Waals surface area contributed by atoms with E-state index in [4.69, 9.17) is 42.6 Å². The summed E-state index contributed by atoms with van der Waals surface area (Å²) in [5, 5.41) is 63.0. The van der Waals surface area contributed by atoms with Crippen LogP contribution < -0.4 is 26.6 Å². The zero-order valence-corrected chi connectivity index (χ0v) is 49.9. The first-order valence-electron chi connectivity index (χ1n) is 27.5. The number of aliphatic hydroxyl groups excluding tert-OH is 2. The van der Waals surface area contributed by atoms with E-state index in [0.29, 0.717) is 25.1 Å². The molecule has 4 fully saturated rings. The average molecular weight is 1140 g/mol. The molecule has 1 unspecified atom stereocenters. The van der Waals surface area contributed by atoms with Gasteiger partial charge in [-0.15, -0.1) is 0 Å². The Kier molecular flexibility index (Phi) is 20.8. The zero-order chi connectivity index (χ0) is 60.3. The number of hydrogen-bond donors (Lipinski definition) is 9. The fourth-order valence-electron chi connectivity index (χ4n) is 9.90. The van der Waals surface area contributed by atoms with Gasteiger partial charge in [-0.1, -0.05) is 0 Å². The normalized spacial score (nSPS) is 32.2. The molecule has 0 aromatic carbocycles. The number of carbonyl (C=O) groups is 6. The molecule has 2 saturated carbocycles. The van der Waals surface area contributed by atoms with Gasteiger partial charge in [-0.2, -0.15) is 0 Å². The Balaban J connectivity index is 1.48. The molecular formula is C54H93N7O19. The number of aliphatic hydroxyl groups is 4. The number of β-amino-alcohol motifs (C(OH)–C–C–N with tert-alkyl or cyclic N) is 1. The number of nitrogens with zero attached hydrogens (tertiary/aromatic N) is 2. The van der Waals surface area contributed by atoms with Crippen LogP contribution in [0.25, 0.3) is 0 Å². The molecule has 0 spiro atoms. The molecule has 26 heteroatoms. The summed E-state index contributed by atoms with van der Waals surface area (Å²) in [6.07, 6.45) is -11.3. The highest BCUT2D eigenvalue weighted by Gasteiger charge is 2.56. The lowest BCUT2D eigenvalue weighted by Crippen LogP contribution is -2.71. The Morgan fingerprint density at radius 2 is 1.18 bits per heavy atom. The molecule has 458 valence electrons.